The number of rotatable bonds is 8. The summed E-state index contributed by atoms with van der Waals surface area (Å²) in [6.45, 7) is 7.70. The number of carbonyl (C=O) groups is 1. The van der Waals surface area contributed by atoms with Gasteiger partial charge in [-0.25, -0.2) is 0 Å². The van der Waals surface area contributed by atoms with Crippen molar-refractivity contribution in [1.29, 1.82) is 0 Å². The number of amides is 1. The Balaban J connectivity index is 1.59. The minimum Gasteiger partial charge on any atom is -0.355 e. The molecule has 3 N–H and O–H groups in total. The predicted octanol–water partition coefficient (Wildman–Crippen LogP) is 0.259. The van der Waals surface area contributed by atoms with Crippen molar-refractivity contribution in [2.75, 3.05) is 52.4 Å². The van der Waals surface area contributed by atoms with Crippen molar-refractivity contribution in [3.05, 3.63) is 0 Å². The monoisotopic (exact) mass is 282 g/mol. The van der Waals surface area contributed by atoms with Gasteiger partial charge < -0.3 is 16.0 Å². The van der Waals surface area contributed by atoms with Crippen molar-refractivity contribution in [2.45, 2.75) is 32.1 Å². The third-order valence-electron chi connectivity index (χ3n) is 4.26. The Hall–Kier alpha value is -0.650. The molecule has 0 radical (unpaired) electrons. The Morgan fingerprint density at radius 3 is 2.60 bits per heavy atom. The Bertz CT molecular complexity index is 294. The van der Waals surface area contributed by atoms with Crippen molar-refractivity contribution in [3.8, 4) is 0 Å². The summed E-state index contributed by atoms with van der Waals surface area (Å²) in [6, 6.07) is 0. The van der Waals surface area contributed by atoms with E-state index in [1.165, 1.54) is 25.7 Å². The molecule has 1 aliphatic carbocycles. The van der Waals surface area contributed by atoms with Crippen molar-refractivity contribution in [3.63, 3.8) is 0 Å². The smallest absolute Gasteiger partial charge is 0.234 e. The third-order valence-corrected chi connectivity index (χ3v) is 4.26. The number of hydrogen-bond acceptors (Lipinski definition) is 4. The maximum absolute atomic E-state index is 11.9. The highest BCUT2D eigenvalue weighted by molar-refractivity contribution is 5.78. The molecular formula is C15H30N4O. The average Bonchev–Trinajstić information content (AvgIpc) is 3.25. The summed E-state index contributed by atoms with van der Waals surface area (Å²) in [5.41, 5.74) is 5.53. The van der Waals surface area contributed by atoms with Gasteiger partial charge in [0, 0.05) is 19.6 Å². The topological polar surface area (TPSA) is 61.6 Å². The fraction of sp³-hybridized carbons (Fsp3) is 0.933. The van der Waals surface area contributed by atoms with Crippen LogP contribution in [-0.2, 0) is 4.79 Å². The van der Waals surface area contributed by atoms with Gasteiger partial charge in [-0.05, 0) is 64.2 Å². The van der Waals surface area contributed by atoms with Crippen molar-refractivity contribution < 1.29 is 4.79 Å². The van der Waals surface area contributed by atoms with E-state index in [-0.39, 0.29) is 5.91 Å². The van der Waals surface area contributed by atoms with Crippen LogP contribution < -0.4 is 11.1 Å². The normalized spacial score (nSPS) is 21.6. The van der Waals surface area contributed by atoms with E-state index in [4.69, 9.17) is 5.73 Å². The lowest BCUT2D eigenvalue weighted by Crippen LogP contribution is -2.39. The molecule has 1 saturated heterocycles. The minimum atomic E-state index is 0.202. The Kier molecular flexibility index (Phi) is 6.76. The second-order valence-corrected chi connectivity index (χ2v) is 6.21. The van der Waals surface area contributed by atoms with Crippen molar-refractivity contribution >= 4 is 5.91 Å². The summed E-state index contributed by atoms with van der Waals surface area (Å²) in [6.07, 6.45) is 6.06. The molecule has 2 rings (SSSR count). The molecule has 116 valence electrons. The highest BCUT2D eigenvalue weighted by Gasteiger charge is 2.22. The van der Waals surface area contributed by atoms with E-state index in [2.05, 4.69) is 15.1 Å². The molecule has 0 bridgehead atoms. The molecule has 0 aromatic heterocycles. The molecule has 0 spiro atoms. The standard InChI is InChI=1S/C15H30N4O/c16-6-1-2-7-18-8-3-9-19(11-10-18)13-15(20)17-12-14-4-5-14/h14H,1-13,16H2,(H,17,20). The maximum Gasteiger partial charge on any atom is 0.234 e. The summed E-state index contributed by atoms with van der Waals surface area (Å²) in [5.74, 6) is 0.967. The molecule has 1 heterocycles. The van der Waals surface area contributed by atoms with Crippen LogP contribution in [0.4, 0.5) is 0 Å². The largest absolute Gasteiger partial charge is 0.355 e. The summed E-state index contributed by atoms with van der Waals surface area (Å²) >= 11 is 0. The molecular weight excluding hydrogens is 252 g/mol. The Morgan fingerprint density at radius 2 is 1.85 bits per heavy atom. The predicted molar refractivity (Wildman–Crippen MR) is 81.5 cm³/mol. The number of carbonyl (C=O) groups excluding carboxylic acids is 1. The zero-order chi connectivity index (χ0) is 14.2. The quantitative estimate of drug-likeness (QED) is 0.627. The summed E-state index contributed by atoms with van der Waals surface area (Å²) in [7, 11) is 0. The van der Waals surface area contributed by atoms with Crippen LogP contribution in [-0.4, -0.2) is 68.1 Å². The maximum atomic E-state index is 11.9. The van der Waals surface area contributed by atoms with Crippen LogP contribution in [0.3, 0.4) is 0 Å². The first-order valence-corrected chi connectivity index (χ1v) is 8.19. The van der Waals surface area contributed by atoms with Crippen LogP contribution in [0.1, 0.15) is 32.1 Å². The van der Waals surface area contributed by atoms with Crippen LogP contribution in [0.15, 0.2) is 0 Å². The fourth-order valence-corrected chi connectivity index (χ4v) is 2.72. The summed E-state index contributed by atoms with van der Waals surface area (Å²) < 4.78 is 0. The molecule has 5 nitrogen and oxygen atoms in total. The van der Waals surface area contributed by atoms with Crippen LogP contribution in [0, 0.1) is 5.92 Å². The molecule has 0 aromatic rings. The Labute approximate surface area is 122 Å². The van der Waals surface area contributed by atoms with E-state index in [1.807, 2.05) is 0 Å². The molecule has 2 fully saturated rings. The van der Waals surface area contributed by atoms with E-state index >= 15 is 0 Å². The van der Waals surface area contributed by atoms with E-state index in [0.29, 0.717) is 6.54 Å². The van der Waals surface area contributed by atoms with Gasteiger partial charge in [-0.2, -0.15) is 0 Å². The number of hydrogen-bond donors (Lipinski definition) is 2. The van der Waals surface area contributed by atoms with E-state index in [1.54, 1.807) is 0 Å². The van der Waals surface area contributed by atoms with Crippen LogP contribution in [0.2, 0.25) is 0 Å². The number of nitrogens with one attached hydrogen (secondary N) is 1. The molecule has 1 saturated carbocycles. The molecule has 1 amide bonds. The van der Waals surface area contributed by atoms with E-state index in [0.717, 1.165) is 58.2 Å². The average molecular weight is 282 g/mol. The van der Waals surface area contributed by atoms with Crippen LogP contribution in [0.5, 0.6) is 0 Å². The molecule has 1 aliphatic heterocycles. The highest BCUT2D eigenvalue weighted by Crippen LogP contribution is 2.27. The zero-order valence-corrected chi connectivity index (χ0v) is 12.6. The number of unbranched alkanes of at least 4 members (excludes halogenated alkanes) is 1. The molecule has 5 heteroatoms. The molecule has 0 unspecified atom stereocenters. The Morgan fingerprint density at radius 1 is 1.10 bits per heavy atom. The van der Waals surface area contributed by atoms with Gasteiger partial charge in [0.05, 0.1) is 6.54 Å². The lowest BCUT2D eigenvalue weighted by molar-refractivity contribution is -0.122. The van der Waals surface area contributed by atoms with E-state index in [9.17, 15) is 4.79 Å². The highest BCUT2D eigenvalue weighted by atomic mass is 16.2. The molecule has 2 aliphatic rings. The summed E-state index contributed by atoms with van der Waals surface area (Å²) in [4.78, 5) is 16.7. The zero-order valence-electron chi connectivity index (χ0n) is 12.6. The van der Waals surface area contributed by atoms with Gasteiger partial charge in [0.1, 0.15) is 0 Å². The third kappa shape index (κ3) is 6.20. The number of nitrogens with two attached hydrogens (primary N) is 1. The van der Waals surface area contributed by atoms with Gasteiger partial charge in [0.15, 0.2) is 0 Å². The lowest BCUT2D eigenvalue weighted by Gasteiger charge is -2.21. The van der Waals surface area contributed by atoms with Gasteiger partial charge in [0.2, 0.25) is 5.91 Å². The molecule has 0 aromatic carbocycles. The molecule has 0 atom stereocenters. The second kappa shape index (κ2) is 8.60. The second-order valence-electron chi connectivity index (χ2n) is 6.21. The first-order chi connectivity index (χ1) is 9.78. The first-order valence-electron chi connectivity index (χ1n) is 8.19. The van der Waals surface area contributed by atoms with Crippen molar-refractivity contribution in [2.24, 2.45) is 11.7 Å². The van der Waals surface area contributed by atoms with Gasteiger partial charge in [-0.15, -0.1) is 0 Å². The van der Waals surface area contributed by atoms with E-state index < -0.39 is 0 Å². The minimum absolute atomic E-state index is 0.202. The number of nitrogens with zero attached hydrogens (tertiary/aromatic N) is 2. The summed E-state index contributed by atoms with van der Waals surface area (Å²) in [5, 5.41) is 3.06. The van der Waals surface area contributed by atoms with Gasteiger partial charge in [0.25, 0.3) is 0 Å². The van der Waals surface area contributed by atoms with Gasteiger partial charge in [-0.1, -0.05) is 0 Å². The van der Waals surface area contributed by atoms with Gasteiger partial charge in [-0.3, -0.25) is 9.69 Å². The lowest BCUT2D eigenvalue weighted by atomic mass is 10.3. The molecule has 20 heavy (non-hydrogen) atoms. The van der Waals surface area contributed by atoms with Crippen LogP contribution >= 0.6 is 0 Å². The van der Waals surface area contributed by atoms with Crippen molar-refractivity contribution in [1.82, 2.24) is 15.1 Å². The van der Waals surface area contributed by atoms with Crippen LogP contribution in [0.25, 0.3) is 0 Å². The van der Waals surface area contributed by atoms with Gasteiger partial charge >= 0.3 is 0 Å². The fourth-order valence-electron chi connectivity index (χ4n) is 2.72. The SMILES string of the molecule is NCCCCN1CCCN(CC(=O)NCC2CC2)CC1. The first kappa shape index (κ1) is 15.7.